The van der Waals surface area contributed by atoms with Gasteiger partial charge >= 0.3 is 0 Å². The third-order valence-corrected chi connectivity index (χ3v) is 4.05. The van der Waals surface area contributed by atoms with Crippen molar-refractivity contribution < 1.29 is 4.79 Å². The molecule has 0 atom stereocenters. The summed E-state index contributed by atoms with van der Waals surface area (Å²) < 4.78 is 2.65. The number of Topliss-reactive ketones (excluding diaryl/α,β-unsaturated/α-hetero) is 1. The van der Waals surface area contributed by atoms with Gasteiger partial charge in [0.15, 0.2) is 11.6 Å². The molecule has 1 N–H and O–H groups in total. The highest BCUT2D eigenvalue weighted by molar-refractivity contribution is 9.10. The topological polar surface area (TPSA) is 72.7 Å². The van der Waals surface area contributed by atoms with E-state index in [4.69, 9.17) is 0 Å². The van der Waals surface area contributed by atoms with Crippen LogP contribution < -0.4 is 5.32 Å². The lowest BCUT2D eigenvalue weighted by atomic mass is 10.1. The molecule has 25 heavy (non-hydrogen) atoms. The Labute approximate surface area is 153 Å². The van der Waals surface area contributed by atoms with Crippen molar-refractivity contribution in [1.29, 1.82) is 0 Å². The molecule has 7 heteroatoms. The van der Waals surface area contributed by atoms with Crippen LogP contribution in [0.15, 0.2) is 58.7 Å². The summed E-state index contributed by atoms with van der Waals surface area (Å²) in [5, 5.41) is 15.1. The largest absolute Gasteiger partial charge is 0.359 e. The quantitative estimate of drug-likeness (QED) is 0.656. The van der Waals surface area contributed by atoms with Gasteiger partial charge in [-0.3, -0.25) is 4.79 Å². The van der Waals surface area contributed by atoms with E-state index in [1.807, 2.05) is 55.5 Å². The lowest BCUT2D eigenvalue weighted by Crippen LogP contribution is -2.02. The molecule has 0 spiro atoms. The summed E-state index contributed by atoms with van der Waals surface area (Å²) in [6, 6.07) is 15.1. The Balaban J connectivity index is 1.84. The van der Waals surface area contributed by atoms with Gasteiger partial charge in [0.05, 0.1) is 5.69 Å². The molecule has 0 bridgehead atoms. The van der Waals surface area contributed by atoms with E-state index >= 15 is 0 Å². The lowest BCUT2D eigenvalue weighted by Gasteiger charge is -2.08. The van der Waals surface area contributed by atoms with E-state index in [1.165, 1.54) is 0 Å². The smallest absolute Gasteiger partial charge is 0.181 e. The van der Waals surface area contributed by atoms with E-state index in [1.54, 1.807) is 17.7 Å². The minimum Gasteiger partial charge on any atom is -0.359 e. The van der Waals surface area contributed by atoms with Crippen LogP contribution in [0, 0.1) is 0 Å². The van der Waals surface area contributed by atoms with E-state index in [0.717, 1.165) is 21.5 Å². The molecular formula is C18H16BrN5O. The number of tetrazole rings is 1. The zero-order valence-corrected chi connectivity index (χ0v) is 15.4. The summed E-state index contributed by atoms with van der Waals surface area (Å²) in [6.45, 7) is 3.47. The van der Waals surface area contributed by atoms with Gasteiger partial charge in [0.25, 0.3) is 0 Å². The maximum Gasteiger partial charge on any atom is 0.181 e. The highest BCUT2D eigenvalue weighted by Crippen LogP contribution is 2.17. The SMILES string of the molecule is CC(=O)c1cccc(N/C(C)=C\c2nnnn2-c2ccc(Br)cc2)c1. The summed E-state index contributed by atoms with van der Waals surface area (Å²) in [7, 11) is 0. The number of hydrogen-bond acceptors (Lipinski definition) is 5. The standard InChI is InChI=1S/C18H16BrN5O/c1-12(20-16-5-3-4-14(11-16)13(2)25)10-18-21-22-23-24(18)17-8-6-15(19)7-9-17/h3-11,20H,1-2H3/b12-10-. The van der Waals surface area contributed by atoms with Crippen LogP contribution in [0.5, 0.6) is 0 Å². The van der Waals surface area contributed by atoms with Crippen molar-refractivity contribution in [2.75, 3.05) is 5.32 Å². The average molecular weight is 398 g/mol. The minimum atomic E-state index is 0.0319. The molecule has 2 aromatic carbocycles. The monoisotopic (exact) mass is 397 g/mol. The number of hydrogen-bond donors (Lipinski definition) is 1. The second-order valence-electron chi connectivity index (χ2n) is 5.51. The number of rotatable bonds is 5. The highest BCUT2D eigenvalue weighted by Gasteiger charge is 2.07. The summed E-state index contributed by atoms with van der Waals surface area (Å²) in [5.41, 5.74) is 3.22. The molecule has 126 valence electrons. The Morgan fingerprint density at radius 2 is 1.92 bits per heavy atom. The highest BCUT2D eigenvalue weighted by atomic mass is 79.9. The zero-order chi connectivity index (χ0) is 17.8. The van der Waals surface area contributed by atoms with Crippen molar-refractivity contribution in [3.05, 3.63) is 70.1 Å². The first-order valence-corrected chi connectivity index (χ1v) is 8.43. The minimum absolute atomic E-state index is 0.0319. The van der Waals surface area contributed by atoms with Crippen molar-refractivity contribution in [2.45, 2.75) is 13.8 Å². The molecule has 0 aliphatic carbocycles. The maximum absolute atomic E-state index is 11.5. The lowest BCUT2D eigenvalue weighted by molar-refractivity contribution is 0.101. The van der Waals surface area contributed by atoms with E-state index in [2.05, 4.69) is 36.8 Å². The van der Waals surface area contributed by atoms with Crippen molar-refractivity contribution in [3.8, 4) is 5.69 Å². The van der Waals surface area contributed by atoms with Gasteiger partial charge in [0, 0.05) is 27.5 Å². The number of allylic oxidation sites excluding steroid dienone is 1. The molecule has 0 amide bonds. The number of aromatic nitrogens is 4. The first-order chi connectivity index (χ1) is 12.0. The molecule has 0 radical (unpaired) electrons. The van der Waals surface area contributed by atoms with Gasteiger partial charge in [0.2, 0.25) is 0 Å². The van der Waals surface area contributed by atoms with Crippen LogP contribution in [0.4, 0.5) is 5.69 Å². The van der Waals surface area contributed by atoms with Gasteiger partial charge in [-0.15, -0.1) is 5.10 Å². The molecule has 0 aliphatic heterocycles. The fourth-order valence-corrected chi connectivity index (χ4v) is 2.59. The van der Waals surface area contributed by atoms with Crippen molar-refractivity contribution in [3.63, 3.8) is 0 Å². The number of nitrogens with one attached hydrogen (secondary N) is 1. The van der Waals surface area contributed by atoms with Crippen LogP contribution in [0.3, 0.4) is 0 Å². The molecule has 6 nitrogen and oxygen atoms in total. The van der Waals surface area contributed by atoms with E-state index < -0.39 is 0 Å². The molecular weight excluding hydrogens is 382 g/mol. The Morgan fingerprint density at radius 1 is 1.16 bits per heavy atom. The van der Waals surface area contributed by atoms with Crippen molar-refractivity contribution >= 4 is 33.5 Å². The number of halogens is 1. The third kappa shape index (κ3) is 4.19. The number of carbonyl (C=O) groups excluding carboxylic acids is 1. The summed E-state index contributed by atoms with van der Waals surface area (Å²) in [4.78, 5) is 11.5. The first kappa shape index (κ1) is 17.0. The summed E-state index contributed by atoms with van der Waals surface area (Å²) >= 11 is 3.41. The Hall–Kier alpha value is -2.80. The van der Waals surface area contributed by atoms with Crippen LogP contribution in [-0.2, 0) is 0 Å². The van der Waals surface area contributed by atoms with Crippen molar-refractivity contribution in [2.24, 2.45) is 0 Å². The molecule has 0 aliphatic rings. The summed E-state index contributed by atoms with van der Waals surface area (Å²) in [5.74, 6) is 0.638. The van der Waals surface area contributed by atoms with E-state index in [9.17, 15) is 4.79 Å². The number of nitrogens with zero attached hydrogens (tertiary/aromatic N) is 4. The molecule has 1 heterocycles. The third-order valence-electron chi connectivity index (χ3n) is 3.52. The Kier molecular flexibility index (Phi) is 5.04. The molecule has 0 fully saturated rings. The van der Waals surface area contributed by atoms with Gasteiger partial charge in [-0.2, -0.15) is 4.68 Å². The molecule has 1 aromatic heterocycles. The van der Waals surface area contributed by atoms with Gasteiger partial charge in [0.1, 0.15) is 0 Å². The second kappa shape index (κ2) is 7.40. The molecule has 0 saturated carbocycles. The summed E-state index contributed by atoms with van der Waals surface area (Å²) in [6.07, 6.45) is 1.85. The Bertz CT molecular complexity index is 931. The number of ketones is 1. The zero-order valence-electron chi connectivity index (χ0n) is 13.8. The number of benzene rings is 2. The van der Waals surface area contributed by atoms with E-state index in [0.29, 0.717) is 11.4 Å². The molecule has 0 saturated heterocycles. The van der Waals surface area contributed by atoms with Crippen LogP contribution in [0.2, 0.25) is 0 Å². The average Bonchev–Trinajstić information content (AvgIpc) is 3.03. The van der Waals surface area contributed by atoms with Crippen LogP contribution >= 0.6 is 15.9 Å². The van der Waals surface area contributed by atoms with Crippen LogP contribution in [0.25, 0.3) is 11.8 Å². The van der Waals surface area contributed by atoms with Gasteiger partial charge < -0.3 is 5.32 Å². The van der Waals surface area contributed by atoms with Crippen LogP contribution in [-0.4, -0.2) is 26.0 Å². The van der Waals surface area contributed by atoms with Gasteiger partial charge in [-0.25, -0.2) is 0 Å². The normalized spacial score (nSPS) is 11.4. The van der Waals surface area contributed by atoms with E-state index in [-0.39, 0.29) is 5.78 Å². The second-order valence-corrected chi connectivity index (χ2v) is 6.43. The van der Waals surface area contributed by atoms with Crippen molar-refractivity contribution in [1.82, 2.24) is 20.2 Å². The van der Waals surface area contributed by atoms with Crippen LogP contribution in [0.1, 0.15) is 30.0 Å². The number of anilines is 1. The fraction of sp³-hybridized carbons (Fsp3) is 0.111. The predicted molar refractivity (Wildman–Crippen MR) is 101 cm³/mol. The number of carbonyl (C=O) groups is 1. The van der Waals surface area contributed by atoms with Gasteiger partial charge in [-0.05, 0) is 60.7 Å². The molecule has 3 rings (SSSR count). The molecule has 0 unspecified atom stereocenters. The van der Waals surface area contributed by atoms with Gasteiger partial charge in [-0.1, -0.05) is 28.1 Å². The Morgan fingerprint density at radius 3 is 2.64 bits per heavy atom. The predicted octanol–water partition coefficient (Wildman–Crippen LogP) is 4.10. The molecule has 3 aromatic rings. The fourth-order valence-electron chi connectivity index (χ4n) is 2.32. The maximum atomic E-state index is 11.5. The first-order valence-electron chi connectivity index (χ1n) is 7.63.